The molecule has 2 fully saturated rings. The van der Waals surface area contributed by atoms with Crippen molar-refractivity contribution in [1.82, 2.24) is 10.6 Å². The summed E-state index contributed by atoms with van der Waals surface area (Å²) in [4.78, 5) is 4.79. The van der Waals surface area contributed by atoms with Crippen LogP contribution in [0.5, 0.6) is 0 Å². The number of aliphatic imine (C=N–C) groups is 1. The fraction of sp³-hybridized carbons (Fsp3) is 0.947. The first-order valence-corrected chi connectivity index (χ1v) is 9.69. The van der Waals surface area contributed by atoms with E-state index in [-0.39, 0.29) is 35.5 Å². The van der Waals surface area contributed by atoms with Crippen molar-refractivity contribution < 1.29 is 9.47 Å². The minimum Gasteiger partial charge on any atom is -0.378 e. The first-order valence-electron chi connectivity index (χ1n) is 9.69. The van der Waals surface area contributed by atoms with Gasteiger partial charge in [-0.25, -0.2) is 0 Å². The minimum atomic E-state index is 0. The van der Waals surface area contributed by atoms with E-state index in [1.54, 1.807) is 0 Å². The maximum atomic E-state index is 5.89. The normalized spacial score (nSPS) is 28.8. The first kappa shape index (κ1) is 23.0. The zero-order valence-electron chi connectivity index (χ0n) is 16.8. The van der Waals surface area contributed by atoms with E-state index in [0.717, 1.165) is 45.1 Å². The number of nitrogens with zero attached hydrogens (tertiary/aromatic N) is 1. The van der Waals surface area contributed by atoms with Gasteiger partial charge in [-0.05, 0) is 32.6 Å². The Hall–Kier alpha value is -0.0800. The molecule has 2 aliphatic rings. The zero-order valence-corrected chi connectivity index (χ0v) is 19.1. The molecule has 1 aliphatic heterocycles. The molecule has 1 aliphatic carbocycles. The van der Waals surface area contributed by atoms with E-state index >= 15 is 0 Å². The van der Waals surface area contributed by atoms with Gasteiger partial charge in [0, 0.05) is 43.7 Å². The van der Waals surface area contributed by atoms with E-state index in [1.165, 1.54) is 0 Å². The lowest BCUT2D eigenvalue weighted by atomic mass is 9.57. The summed E-state index contributed by atoms with van der Waals surface area (Å²) in [7, 11) is 0. The molecule has 0 aromatic rings. The summed E-state index contributed by atoms with van der Waals surface area (Å²) in [5, 5.41) is 7.06. The fourth-order valence-electron chi connectivity index (χ4n) is 4.21. The molecular weight excluding hydrogens is 429 g/mol. The van der Waals surface area contributed by atoms with Gasteiger partial charge in [-0.1, -0.05) is 27.7 Å². The summed E-state index contributed by atoms with van der Waals surface area (Å²) in [6, 6.07) is 0.440. The van der Waals surface area contributed by atoms with Crippen molar-refractivity contribution in [3.63, 3.8) is 0 Å². The quantitative estimate of drug-likeness (QED) is 0.326. The molecule has 0 spiro atoms. The molecule has 0 aromatic carbocycles. The highest BCUT2D eigenvalue weighted by Crippen LogP contribution is 2.52. The standard InChI is InChI=1S/C19H37N3O2.HI/c1-7-20-18(21-11-9-15(13(3)4)23-8-2)22-16-14-10-12-24-17(14)19(16,5)6;/h13-17H,7-12H2,1-6H3,(H2,20,21,22);1H. The van der Waals surface area contributed by atoms with E-state index in [2.05, 4.69) is 52.2 Å². The maximum absolute atomic E-state index is 5.89. The van der Waals surface area contributed by atoms with Gasteiger partial charge >= 0.3 is 0 Å². The summed E-state index contributed by atoms with van der Waals surface area (Å²) in [5.41, 5.74) is 0.170. The highest BCUT2D eigenvalue weighted by molar-refractivity contribution is 14.0. The van der Waals surface area contributed by atoms with Crippen LogP contribution in [0.1, 0.15) is 54.4 Å². The molecule has 25 heavy (non-hydrogen) atoms. The van der Waals surface area contributed by atoms with Gasteiger partial charge in [-0.15, -0.1) is 24.0 Å². The van der Waals surface area contributed by atoms with E-state index in [1.807, 2.05) is 0 Å². The van der Waals surface area contributed by atoms with E-state index in [0.29, 0.717) is 24.0 Å². The number of fused-ring (bicyclic) bond motifs is 1. The van der Waals surface area contributed by atoms with Gasteiger partial charge in [-0.2, -0.15) is 0 Å². The van der Waals surface area contributed by atoms with Crippen molar-refractivity contribution in [1.29, 1.82) is 0 Å². The van der Waals surface area contributed by atoms with Gasteiger partial charge < -0.3 is 20.1 Å². The average molecular weight is 467 g/mol. The van der Waals surface area contributed by atoms with E-state index in [4.69, 9.17) is 14.5 Å². The van der Waals surface area contributed by atoms with Gasteiger partial charge in [0.1, 0.15) is 0 Å². The summed E-state index contributed by atoms with van der Waals surface area (Å²) >= 11 is 0. The largest absolute Gasteiger partial charge is 0.378 e. The van der Waals surface area contributed by atoms with Crippen molar-refractivity contribution in [2.24, 2.45) is 22.2 Å². The lowest BCUT2D eigenvalue weighted by Gasteiger charge is -2.54. The van der Waals surface area contributed by atoms with Crippen LogP contribution in [-0.4, -0.2) is 50.5 Å². The first-order chi connectivity index (χ1) is 11.4. The SMILES string of the molecule is CCNC(=NCCC(OCC)C(C)C)NC1C2CCOC2C1(C)C.I. The van der Waals surface area contributed by atoms with Crippen molar-refractivity contribution in [2.45, 2.75) is 72.6 Å². The highest BCUT2D eigenvalue weighted by Gasteiger charge is 2.59. The monoisotopic (exact) mass is 467 g/mol. The summed E-state index contributed by atoms with van der Waals surface area (Å²) in [6.45, 7) is 16.5. The molecular formula is C19H38IN3O2. The number of hydrogen-bond donors (Lipinski definition) is 2. The molecule has 4 atom stereocenters. The molecule has 0 amide bonds. The van der Waals surface area contributed by atoms with Crippen molar-refractivity contribution in [3.8, 4) is 0 Å². The number of ether oxygens (including phenoxy) is 2. The Kier molecular flexibility index (Phi) is 9.46. The van der Waals surface area contributed by atoms with Crippen molar-refractivity contribution >= 4 is 29.9 Å². The van der Waals surface area contributed by atoms with Crippen LogP contribution in [0.25, 0.3) is 0 Å². The third kappa shape index (κ3) is 5.45. The van der Waals surface area contributed by atoms with Crippen molar-refractivity contribution in [3.05, 3.63) is 0 Å². The van der Waals surface area contributed by atoms with Crippen LogP contribution < -0.4 is 10.6 Å². The Morgan fingerprint density at radius 1 is 1.32 bits per heavy atom. The summed E-state index contributed by atoms with van der Waals surface area (Å²) in [5.74, 6) is 2.08. The smallest absolute Gasteiger partial charge is 0.191 e. The minimum absolute atomic E-state index is 0. The number of halogens is 1. The summed E-state index contributed by atoms with van der Waals surface area (Å²) in [6.07, 6.45) is 2.81. The Labute approximate surface area is 171 Å². The third-order valence-electron chi connectivity index (χ3n) is 5.54. The molecule has 5 nitrogen and oxygen atoms in total. The number of guanidine groups is 1. The molecule has 4 unspecified atom stereocenters. The second-order valence-corrected chi connectivity index (χ2v) is 7.97. The maximum Gasteiger partial charge on any atom is 0.191 e. The summed E-state index contributed by atoms with van der Waals surface area (Å²) < 4.78 is 11.7. The molecule has 0 bridgehead atoms. The molecule has 6 heteroatoms. The number of nitrogens with one attached hydrogen (secondary N) is 2. The Morgan fingerprint density at radius 3 is 2.64 bits per heavy atom. The van der Waals surface area contributed by atoms with Crippen LogP contribution in [-0.2, 0) is 9.47 Å². The zero-order chi connectivity index (χ0) is 17.7. The van der Waals surface area contributed by atoms with Gasteiger partial charge in [0.2, 0.25) is 0 Å². The lowest BCUT2D eigenvalue weighted by molar-refractivity contribution is -0.106. The van der Waals surface area contributed by atoms with Gasteiger partial charge in [0.25, 0.3) is 0 Å². The molecule has 1 saturated carbocycles. The molecule has 0 aromatic heterocycles. The number of rotatable bonds is 8. The van der Waals surface area contributed by atoms with Crippen LogP contribution in [0.3, 0.4) is 0 Å². The fourth-order valence-corrected chi connectivity index (χ4v) is 4.21. The molecule has 2 rings (SSSR count). The topological polar surface area (TPSA) is 54.9 Å². The molecule has 1 heterocycles. The predicted molar refractivity (Wildman–Crippen MR) is 115 cm³/mol. The Balaban J connectivity index is 0.00000312. The molecule has 2 N–H and O–H groups in total. The number of hydrogen-bond acceptors (Lipinski definition) is 3. The Morgan fingerprint density at radius 2 is 2.04 bits per heavy atom. The van der Waals surface area contributed by atoms with Crippen LogP contribution in [0.15, 0.2) is 4.99 Å². The van der Waals surface area contributed by atoms with Gasteiger partial charge in [0.15, 0.2) is 5.96 Å². The van der Waals surface area contributed by atoms with Gasteiger partial charge in [0.05, 0.1) is 12.2 Å². The van der Waals surface area contributed by atoms with Crippen LogP contribution in [0, 0.1) is 17.3 Å². The Bertz CT molecular complexity index is 429. The second-order valence-electron chi connectivity index (χ2n) is 7.97. The van der Waals surface area contributed by atoms with E-state index < -0.39 is 0 Å². The van der Waals surface area contributed by atoms with E-state index in [9.17, 15) is 0 Å². The molecule has 0 radical (unpaired) electrons. The molecule has 148 valence electrons. The van der Waals surface area contributed by atoms with Crippen LogP contribution >= 0.6 is 24.0 Å². The lowest BCUT2D eigenvalue weighted by Crippen LogP contribution is -2.68. The van der Waals surface area contributed by atoms with Crippen molar-refractivity contribution in [2.75, 3.05) is 26.3 Å². The average Bonchev–Trinajstić information content (AvgIpc) is 2.98. The van der Waals surface area contributed by atoms with Gasteiger partial charge in [-0.3, -0.25) is 4.99 Å². The highest BCUT2D eigenvalue weighted by atomic mass is 127. The van der Waals surface area contributed by atoms with Crippen LogP contribution in [0.4, 0.5) is 0 Å². The third-order valence-corrected chi connectivity index (χ3v) is 5.54. The molecule has 1 saturated heterocycles. The predicted octanol–water partition coefficient (Wildman–Crippen LogP) is 3.42. The van der Waals surface area contributed by atoms with Crippen LogP contribution in [0.2, 0.25) is 0 Å². The second kappa shape index (κ2) is 10.3.